The van der Waals surface area contributed by atoms with Gasteiger partial charge in [0.1, 0.15) is 5.04 Å². The Kier molecular flexibility index (Phi) is 5.31. The summed E-state index contributed by atoms with van der Waals surface area (Å²) >= 11 is 2.83. The number of hydrogen-bond donors (Lipinski definition) is 0. The number of amides is 3. The minimum absolute atomic E-state index is 0.0192. The third-order valence-corrected chi connectivity index (χ3v) is 6.68. The Labute approximate surface area is 179 Å². The number of aliphatic imine (C=N–C) groups is 2. The lowest BCUT2D eigenvalue weighted by atomic mass is 10.0. The molecule has 3 amide bonds. The van der Waals surface area contributed by atoms with Crippen LogP contribution in [-0.4, -0.2) is 57.1 Å². The van der Waals surface area contributed by atoms with Crippen molar-refractivity contribution in [1.29, 1.82) is 0 Å². The van der Waals surface area contributed by atoms with Gasteiger partial charge in [-0.1, -0.05) is 23.2 Å². The van der Waals surface area contributed by atoms with Crippen molar-refractivity contribution in [3.63, 3.8) is 0 Å². The number of carbonyl (C=O) groups excluding carboxylic acids is 2. The summed E-state index contributed by atoms with van der Waals surface area (Å²) in [4.78, 5) is 46.7. The second-order valence-corrected chi connectivity index (χ2v) is 8.55. The number of carbonyl (C=O) groups is 2. The van der Waals surface area contributed by atoms with Crippen molar-refractivity contribution in [2.24, 2.45) is 15.9 Å². The topological polar surface area (TPSA) is 108 Å². The van der Waals surface area contributed by atoms with Gasteiger partial charge in [-0.15, -0.1) is 23.1 Å². The van der Waals surface area contributed by atoms with Gasteiger partial charge >= 0.3 is 11.9 Å². The van der Waals surface area contributed by atoms with Crippen LogP contribution in [0, 0.1) is 16.0 Å². The number of nitro groups is 1. The number of amidine groups is 2. The molecule has 11 heteroatoms. The number of urea groups is 1. The van der Waals surface area contributed by atoms with Crippen LogP contribution >= 0.6 is 23.1 Å². The number of hydrogen-bond acceptors (Lipinski definition) is 8. The first-order chi connectivity index (χ1) is 14.4. The molecule has 0 bridgehead atoms. The number of nitro benzene ring substituents is 1. The molecule has 0 saturated carbocycles. The predicted octanol–water partition coefficient (Wildman–Crippen LogP) is 3.00. The lowest BCUT2D eigenvalue weighted by Gasteiger charge is -2.26. The molecule has 2 aliphatic heterocycles. The molecule has 0 aliphatic carbocycles. The van der Waals surface area contributed by atoms with Crippen LogP contribution in [0.1, 0.15) is 10.4 Å². The average Bonchev–Trinajstić information content (AvgIpc) is 3.29. The number of thioether (sulfide) groups is 1. The van der Waals surface area contributed by atoms with Crippen molar-refractivity contribution in [2.45, 2.75) is 5.75 Å². The third kappa shape index (κ3) is 3.57. The summed E-state index contributed by atoms with van der Waals surface area (Å²) in [6.07, 6.45) is 0. The van der Waals surface area contributed by atoms with Crippen LogP contribution in [0.25, 0.3) is 0 Å². The van der Waals surface area contributed by atoms with Crippen molar-refractivity contribution in [3.05, 3.63) is 62.3 Å². The van der Waals surface area contributed by atoms with E-state index in [4.69, 9.17) is 0 Å². The Balaban J connectivity index is 1.69. The summed E-state index contributed by atoms with van der Waals surface area (Å²) in [6, 6.07) is 9.57. The second kappa shape index (κ2) is 7.92. The van der Waals surface area contributed by atoms with E-state index < -0.39 is 16.9 Å². The Bertz CT molecular complexity index is 1140. The first-order valence-corrected chi connectivity index (χ1v) is 10.7. The fourth-order valence-electron chi connectivity index (χ4n) is 3.08. The fourth-order valence-corrected chi connectivity index (χ4v) is 4.76. The minimum atomic E-state index is -0.760. The van der Waals surface area contributed by atoms with Crippen LogP contribution in [0.5, 0.6) is 0 Å². The highest BCUT2D eigenvalue weighted by Crippen LogP contribution is 2.29. The molecule has 9 nitrogen and oxygen atoms in total. The molecule has 0 fully saturated rings. The van der Waals surface area contributed by atoms with E-state index in [2.05, 4.69) is 9.98 Å². The van der Waals surface area contributed by atoms with E-state index in [0.717, 1.165) is 15.3 Å². The molecule has 1 aromatic heterocycles. The van der Waals surface area contributed by atoms with Gasteiger partial charge in [-0.25, -0.2) is 9.79 Å². The smallest absolute Gasteiger partial charge is 0.258 e. The third-order valence-electron chi connectivity index (χ3n) is 4.71. The van der Waals surface area contributed by atoms with Crippen LogP contribution in [-0.2, 0) is 10.5 Å². The summed E-state index contributed by atoms with van der Waals surface area (Å²) in [7, 11) is 3.03. The van der Waals surface area contributed by atoms with E-state index in [-0.39, 0.29) is 11.6 Å². The van der Waals surface area contributed by atoms with Gasteiger partial charge in [0.05, 0.1) is 23.9 Å². The van der Waals surface area contributed by atoms with Gasteiger partial charge in [0, 0.05) is 17.9 Å². The zero-order chi connectivity index (χ0) is 21.4. The molecule has 0 N–H and O–H groups in total. The van der Waals surface area contributed by atoms with Crippen LogP contribution in [0.3, 0.4) is 0 Å². The van der Waals surface area contributed by atoms with Crippen LogP contribution in [0.2, 0.25) is 0 Å². The molecule has 2 aliphatic rings. The normalized spacial score (nSPS) is 18.9. The molecule has 1 aromatic carbocycles. The zero-order valence-corrected chi connectivity index (χ0v) is 17.6. The van der Waals surface area contributed by atoms with Gasteiger partial charge in [-0.3, -0.25) is 14.9 Å². The summed E-state index contributed by atoms with van der Waals surface area (Å²) in [5.74, 6) is 0.140. The van der Waals surface area contributed by atoms with Crippen molar-refractivity contribution in [3.8, 4) is 0 Å². The van der Waals surface area contributed by atoms with Crippen LogP contribution in [0.4, 0.5) is 10.5 Å². The van der Waals surface area contributed by atoms with E-state index in [9.17, 15) is 19.7 Å². The van der Waals surface area contributed by atoms with Gasteiger partial charge in [0.2, 0.25) is 5.84 Å². The van der Waals surface area contributed by atoms with Gasteiger partial charge in [0.15, 0.2) is 5.92 Å². The Morgan fingerprint density at radius 1 is 1.23 bits per heavy atom. The number of thiophene rings is 1. The molecule has 0 saturated heterocycles. The molecule has 1 atom stereocenters. The van der Waals surface area contributed by atoms with Gasteiger partial charge in [-0.2, -0.15) is 9.48 Å². The maximum Gasteiger partial charge on any atom is 0.445 e. The molecule has 0 radical (unpaired) electrons. The average molecular weight is 443 g/mol. The van der Waals surface area contributed by atoms with E-state index in [1.165, 1.54) is 46.9 Å². The zero-order valence-electron chi connectivity index (χ0n) is 16.0. The lowest BCUT2D eigenvalue weighted by Crippen LogP contribution is -2.54. The molecular formula is C19H16N5O4S2+. The van der Waals surface area contributed by atoms with Gasteiger partial charge in [-0.05, 0) is 17.0 Å². The SMILES string of the molecule is CN1C(=O)C2C(SCc3ccc([N+](=O)[O-])cc3)=NC(c3cccs3)=NC2=[N+](C)C1=O. The monoisotopic (exact) mass is 442 g/mol. The minimum Gasteiger partial charge on any atom is -0.258 e. The highest BCUT2D eigenvalue weighted by atomic mass is 32.2. The molecule has 4 rings (SSSR count). The number of non-ortho nitro benzene ring substituents is 1. The number of nitrogens with zero attached hydrogens (tertiary/aromatic N) is 5. The molecule has 1 unspecified atom stereocenters. The number of fused-ring (bicyclic) bond motifs is 1. The Hall–Kier alpha value is -3.18. The lowest BCUT2D eigenvalue weighted by molar-refractivity contribution is -0.407. The standard InChI is InChI=1S/C19H16N5O4S2/c1-22-16-14(18(25)23(2)19(22)26)17(21-15(20-16)13-4-3-9-29-13)30-10-11-5-7-12(8-6-11)24(27)28/h3-9,14H,10H2,1-2H3/q+1. The maximum absolute atomic E-state index is 12.9. The number of benzene rings is 1. The Morgan fingerprint density at radius 2 is 1.97 bits per heavy atom. The largest absolute Gasteiger partial charge is 0.445 e. The van der Waals surface area contributed by atoms with E-state index >= 15 is 0 Å². The predicted molar refractivity (Wildman–Crippen MR) is 116 cm³/mol. The summed E-state index contributed by atoms with van der Waals surface area (Å²) in [5.41, 5.74) is 0.877. The van der Waals surface area contributed by atoms with E-state index in [1.54, 1.807) is 19.2 Å². The first-order valence-electron chi connectivity index (χ1n) is 8.86. The first kappa shape index (κ1) is 20.1. The van der Waals surface area contributed by atoms with Crippen molar-refractivity contribution < 1.29 is 19.1 Å². The molecule has 30 heavy (non-hydrogen) atoms. The van der Waals surface area contributed by atoms with E-state index in [1.807, 2.05) is 17.5 Å². The molecule has 2 aromatic rings. The maximum atomic E-state index is 12.9. The number of imide groups is 1. The highest BCUT2D eigenvalue weighted by Gasteiger charge is 2.49. The van der Waals surface area contributed by atoms with Crippen molar-refractivity contribution in [1.82, 2.24) is 4.90 Å². The highest BCUT2D eigenvalue weighted by molar-refractivity contribution is 8.13. The molecule has 0 spiro atoms. The van der Waals surface area contributed by atoms with Gasteiger partial charge in [0.25, 0.3) is 11.5 Å². The molecular weight excluding hydrogens is 426 g/mol. The van der Waals surface area contributed by atoms with Crippen molar-refractivity contribution >= 4 is 57.4 Å². The van der Waals surface area contributed by atoms with E-state index in [0.29, 0.717) is 22.5 Å². The Morgan fingerprint density at radius 3 is 2.60 bits per heavy atom. The quantitative estimate of drug-likeness (QED) is 0.411. The second-order valence-electron chi connectivity index (χ2n) is 6.61. The molecule has 152 valence electrons. The summed E-state index contributed by atoms with van der Waals surface area (Å²) < 4.78 is 1.38. The van der Waals surface area contributed by atoms with Gasteiger partial charge < -0.3 is 0 Å². The van der Waals surface area contributed by atoms with Crippen LogP contribution in [0.15, 0.2) is 51.8 Å². The molecule has 3 heterocycles. The number of rotatable bonds is 4. The fraction of sp³-hybridized carbons (Fsp3) is 0.211. The summed E-state index contributed by atoms with van der Waals surface area (Å²) in [6.45, 7) is 0. The van der Waals surface area contributed by atoms with Crippen molar-refractivity contribution in [2.75, 3.05) is 14.1 Å². The summed E-state index contributed by atoms with van der Waals surface area (Å²) in [5, 5.41) is 13.3. The van der Waals surface area contributed by atoms with Crippen LogP contribution < -0.4 is 0 Å².